The van der Waals surface area contributed by atoms with Gasteiger partial charge in [-0.25, -0.2) is 0 Å². The van der Waals surface area contributed by atoms with E-state index in [2.05, 4.69) is 15.9 Å². The van der Waals surface area contributed by atoms with Crippen LogP contribution in [0.3, 0.4) is 0 Å². The lowest BCUT2D eigenvalue weighted by Gasteiger charge is -2.12. The van der Waals surface area contributed by atoms with Gasteiger partial charge in [0.05, 0.1) is 6.61 Å². The number of carbonyl (C=O) groups excluding carboxylic acids is 1. The highest BCUT2D eigenvalue weighted by Gasteiger charge is 2.22. The largest absolute Gasteiger partial charge is 0.492 e. The van der Waals surface area contributed by atoms with Gasteiger partial charge in [0.15, 0.2) is 0 Å². The topological polar surface area (TPSA) is 69.7 Å². The molecule has 5 nitrogen and oxygen atoms in total. The smallest absolute Gasteiger partial charge is 0.342 e. The molecule has 0 aliphatic carbocycles. The van der Waals surface area contributed by atoms with Gasteiger partial charge >= 0.3 is 10.1 Å². The second-order valence-electron chi connectivity index (χ2n) is 5.41. The molecule has 0 aliphatic heterocycles. The van der Waals surface area contributed by atoms with Crippen LogP contribution in [0.15, 0.2) is 51.8 Å². The lowest BCUT2D eigenvalue weighted by atomic mass is 10.1. The van der Waals surface area contributed by atoms with E-state index in [0.29, 0.717) is 23.9 Å². The fourth-order valence-corrected chi connectivity index (χ4v) is 3.77. The molecule has 134 valence electrons. The molecule has 0 heterocycles. The maximum Gasteiger partial charge on any atom is 0.342 e. The molecule has 0 spiro atoms. The average molecular weight is 427 g/mol. The number of hydrogen-bond acceptors (Lipinski definition) is 5. The van der Waals surface area contributed by atoms with E-state index in [1.165, 1.54) is 13.0 Å². The molecule has 0 aromatic heterocycles. The number of rotatable bonds is 8. The zero-order valence-corrected chi connectivity index (χ0v) is 16.4. The molecule has 0 fully saturated rings. The van der Waals surface area contributed by atoms with Crippen molar-refractivity contribution in [3.8, 4) is 11.5 Å². The van der Waals surface area contributed by atoms with Crippen LogP contribution in [0.4, 0.5) is 0 Å². The molecule has 0 saturated carbocycles. The molecular formula is C18H19BrO5S. The number of ether oxygens (including phenoxy) is 1. The minimum atomic E-state index is -4.04. The third kappa shape index (κ3) is 5.57. The molecule has 7 heteroatoms. The highest BCUT2D eigenvalue weighted by Crippen LogP contribution is 2.30. The van der Waals surface area contributed by atoms with Crippen LogP contribution in [0.1, 0.15) is 25.8 Å². The molecule has 0 saturated heterocycles. The van der Waals surface area contributed by atoms with Crippen LogP contribution in [-0.4, -0.2) is 20.8 Å². The summed E-state index contributed by atoms with van der Waals surface area (Å²) in [7, 11) is -4.04. The quantitative estimate of drug-likeness (QED) is 0.593. The van der Waals surface area contributed by atoms with Crippen LogP contribution in [0.5, 0.6) is 11.5 Å². The van der Waals surface area contributed by atoms with Gasteiger partial charge in [-0.2, -0.15) is 8.42 Å². The number of carbonyl (C=O) groups is 1. The van der Waals surface area contributed by atoms with E-state index in [-0.39, 0.29) is 22.2 Å². The SMILES string of the molecule is CCOc1ccc(Br)cc1S(=O)(=O)Oc1ccc(CCC(C)=O)cc1. The zero-order valence-electron chi connectivity index (χ0n) is 14.0. The molecule has 2 aromatic carbocycles. The van der Waals surface area contributed by atoms with Crippen molar-refractivity contribution in [3.63, 3.8) is 0 Å². The Kier molecular flexibility index (Phi) is 6.61. The Bertz CT molecular complexity index is 844. The first kappa shape index (κ1) is 19.5. The summed E-state index contributed by atoms with van der Waals surface area (Å²) in [6.07, 6.45) is 1.07. The standard InChI is InChI=1S/C18H19BrO5S/c1-3-23-17-11-8-15(19)12-18(17)25(21,22)24-16-9-6-14(7-10-16)5-4-13(2)20/h6-12H,3-5H2,1-2H3. The summed E-state index contributed by atoms with van der Waals surface area (Å²) in [6, 6.07) is 11.4. The van der Waals surface area contributed by atoms with Crippen molar-refractivity contribution < 1.29 is 22.1 Å². The first-order valence-electron chi connectivity index (χ1n) is 7.77. The second kappa shape index (κ2) is 8.49. The number of aryl methyl sites for hydroxylation is 1. The van der Waals surface area contributed by atoms with Crippen LogP contribution in [0, 0.1) is 0 Å². The van der Waals surface area contributed by atoms with Crippen LogP contribution in [0.25, 0.3) is 0 Å². The van der Waals surface area contributed by atoms with Crippen LogP contribution < -0.4 is 8.92 Å². The van der Waals surface area contributed by atoms with Gasteiger partial charge in [-0.3, -0.25) is 0 Å². The van der Waals surface area contributed by atoms with Crippen LogP contribution >= 0.6 is 15.9 Å². The number of benzene rings is 2. The van der Waals surface area contributed by atoms with Crippen molar-refractivity contribution in [1.82, 2.24) is 0 Å². The first-order valence-corrected chi connectivity index (χ1v) is 9.97. The summed E-state index contributed by atoms with van der Waals surface area (Å²) in [6.45, 7) is 3.66. The normalized spacial score (nSPS) is 11.2. The molecule has 0 bridgehead atoms. The minimum absolute atomic E-state index is 0.0376. The molecule has 0 amide bonds. The van der Waals surface area contributed by atoms with Gasteiger partial charge in [0, 0.05) is 10.9 Å². The molecular weight excluding hydrogens is 408 g/mol. The van der Waals surface area contributed by atoms with Crippen molar-refractivity contribution in [1.29, 1.82) is 0 Å². The molecule has 25 heavy (non-hydrogen) atoms. The average Bonchev–Trinajstić information content (AvgIpc) is 2.55. The Morgan fingerprint density at radius 1 is 1.12 bits per heavy atom. The molecule has 0 radical (unpaired) electrons. The highest BCUT2D eigenvalue weighted by atomic mass is 79.9. The van der Waals surface area contributed by atoms with E-state index in [9.17, 15) is 13.2 Å². The third-order valence-corrected chi connectivity index (χ3v) is 5.13. The van der Waals surface area contributed by atoms with Gasteiger partial charge in [-0.1, -0.05) is 28.1 Å². The van der Waals surface area contributed by atoms with Gasteiger partial charge in [0.25, 0.3) is 0 Å². The Hall–Kier alpha value is -1.86. The van der Waals surface area contributed by atoms with Gasteiger partial charge in [0.1, 0.15) is 22.2 Å². The van der Waals surface area contributed by atoms with Crippen molar-refractivity contribution in [2.75, 3.05) is 6.61 Å². The summed E-state index contributed by atoms with van der Waals surface area (Å²) in [4.78, 5) is 11.0. The zero-order chi connectivity index (χ0) is 18.4. The predicted molar refractivity (Wildman–Crippen MR) is 98.6 cm³/mol. The molecule has 0 unspecified atom stereocenters. The maximum absolute atomic E-state index is 12.6. The van der Waals surface area contributed by atoms with Gasteiger partial charge < -0.3 is 13.7 Å². The highest BCUT2D eigenvalue weighted by molar-refractivity contribution is 9.10. The summed E-state index contributed by atoms with van der Waals surface area (Å²) in [5.74, 6) is 0.554. The Balaban J connectivity index is 2.21. The lowest BCUT2D eigenvalue weighted by molar-refractivity contribution is -0.116. The second-order valence-corrected chi connectivity index (χ2v) is 7.84. The van der Waals surface area contributed by atoms with E-state index < -0.39 is 10.1 Å². The Morgan fingerprint density at radius 3 is 2.40 bits per heavy atom. The van der Waals surface area contributed by atoms with Crippen LogP contribution in [-0.2, 0) is 21.3 Å². The molecule has 0 N–H and O–H groups in total. The maximum atomic E-state index is 12.6. The summed E-state index contributed by atoms with van der Waals surface area (Å²) >= 11 is 3.26. The number of hydrogen-bond donors (Lipinski definition) is 0. The van der Waals surface area contributed by atoms with E-state index in [1.807, 2.05) is 0 Å². The molecule has 0 aliphatic rings. The van der Waals surface area contributed by atoms with Gasteiger partial charge in [-0.15, -0.1) is 0 Å². The molecule has 2 aromatic rings. The van der Waals surface area contributed by atoms with Crippen molar-refractivity contribution in [3.05, 3.63) is 52.5 Å². The van der Waals surface area contributed by atoms with Gasteiger partial charge in [0.2, 0.25) is 0 Å². The van der Waals surface area contributed by atoms with Crippen molar-refractivity contribution in [2.45, 2.75) is 31.6 Å². The Morgan fingerprint density at radius 2 is 1.80 bits per heavy atom. The number of Topliss-reactive ketones (excluding diaryl/α,β-unsaturated/α-hetero) is 1. The summed E-state index contributed by atoms with van der Waals surface area (Å²) in [5.41, 5.74) is 0.942. The monoisotopic (exact) mass is 426 g/mol. The fourth-order valence-electron chi connectivity index (χ4n) is 2.16. The molecule has 2 rings (SSSR count). The minimum Gasteiger partial charge on any atom is -0.492 e. The predicted octanol–water partition coefficient (Wildman–Crippen LogP) is 4.14. The lowest BCUT2D eigenvalue weighted by Crippen LogP contribution is -2.12. The van der Waals surface area contributed by atoms with E-state index in [4.69, 9.17) is 8.92 Å². The van der Waals surface area contributed by atoms with E-state index >= 15 is 0 Å². The third-order valence-electron chi connectivity index (χ3n) is 3.37. The number of ketones is 1. The summed E-state index contributed by atoms with van der Waals surface area (Å²) in [5, 5.41) is 0. The Labute approximate surface area is 156 Å². The van der Waals surface area contributed by atoms with E-state index in [0.717, 1.165) is 5.56 Å². The van der Waals surface area contributed by atoms with E-state index in [1.54, 1.807) is 43.3 Å². The van der Waals surface area contributed by atoms with Gasteiger partial charge in [-0.05, 0) is 56.2 Å². The first-order chi connectivity index (χ1) is 11.8. The van der Waals surface area contributed by atoms with Crippen molar-refractivity contribution >= 4 is 31.8 Å². The molecule has 0 atom stereocenters. The number of halogens is 1. The van der Waals surface area contributed by atoms with Crippen molar-refractivity contribution in [2.24, 2.45) is 0 Å². The summed E-state index contributed by atoms with van der Waals surface area (Å²) < 4.78 is 36.4. The van der Waals surface area contributed by atoms with Crippen LogP contribution in [0.2, 0.25) is 0 Å². The fraction of sp³-hybridized carbons (Fsp3) is 0.278.